The zero-order valence-corrected chi connectivity index (χ0v) is 11.8. The second-order valence-electron chi connectivity index (χ2n) is 5.13. The molecule has 0 atom stereocenters. The number of para-hydroxylation sites is 2. The summed E-state index contributed by atoms with van der Waals surface area (Å²) in [5.74, 6) is 1.21. The van der Waals surface area contributed by atoms with E-state index in [2.05, 4.69) is 27.1 Å². The summed E-state index contributed by atoms with van der Waals surface area (Å²) in [6.45, 7) is 0. The van der Waals surface area contributed by atoms with Gasteiger partial charge in [0.2, 0.25) is 0 Å². The minimum absolute atomic E-state index is 0.471. The lowest BCUT2D eigenvalue weighted by Crippen LogP contribution is -1.96. The van der Waals surface area contributed by atoms with Crippen molar-refractivity contribution in [2.24, 2.45) is 0 Å². The lowest BCUT2D eigenvalue weighted by atomic mass is 10.1. The lowest BCUT2D eigenvalue weighted by Gasteiger charge is -2.06. The summed E-state index contributed by atoms with van der Waals surface area (Å²) < 4.78 is 0. The Kier molecular flexibility index (Phi) is 2.86. The van der Waals surface area contributed by atoms with E-state index in [1.807, 2.05) is 48.5 Å². The van der Waals surface area contributed by atoms with Crippen molar-refractivity contribution >= 4 is 16.9 Å². The van der Waals surface area contributed by atoms with Gasteiger partial charge in [-0.05, 0) is 23.8 Å². The molecule has 0 saturated carbocycles. The molecule has 0 amide bonds. The maximum atomic E-state index is 6.05. The van der Waals surface area contributed by atoms with Crippen molar-refractivity contribution in [3.63, 3.8) is 0 Å². The van der Waals surface area contributed by atoms with Crippen molar-refractivity contribution in [1.29, 1.82) is 0 Å². The van der Waals surface area contributed by atoms with Gasteiger partial charge in [0.1, 0.15) is 11.6 Å². The average molecular weight is 286 g/mol. The summed E-state index contributed by atoms with van der Waals surface area (Å²) >= 11 is 0. The lowest BCUT2D eigenvalue weighted by molar-refractivity contribution is 1.28. The molecule has 22 heavy (non-hydrogen) atoms. The molecule has 0 fully saturated rings. The van der Waals surface area contributed by atoms with Crippen molar-refractivity contribution in [1.82, 2.24) is 15.0 Å². The smallest absolute Gasteiger partial charge is 0.142 e. The summed E-state index contributed by atoms with van der Waals surface area (Å²) in [7, 11) is 0. The van der Waals surface area contributed by atoms with Crippen LogP contribution in [0, 0.1) is 0 Å². The first-order chi connectivity index (χ1) is 10.8. The maximum Gasteiger partial charge on any atom is 0.142 e. The normalized spacial score (nSPS) is 10.9. The van der Waals surface area contributed by atoms with Crippen molar-refractivity contribution in [3.05, 3.63) is 66.9 Å². The van der Waals surface area contributed by atoms with E-state index in [0.29, 0.717) is 5.82 Å². The molecule has 0 bridgehead atoms. The van der Waals surface area contributed by atoms with Crippen LogP contribution in [0.4, 0.5) is 5.82 Å². The Bertz CT molecular complexity index is 909. The fourth-order valence-electron chi connectivity index (χ4n) is 2.53. The van der Waals surface area contributed by atoms with Crippen LogP contribution >= 0.6 is 0 Å². The number of aromatic nitrogens is 3. The average Bonchev–Trinajstić information content (AvgIpc) is 3.00. The zero-order valence-electron chi connectivity index (χ0n) is 11.8. The van der Waals surface area contributed by atoms with Gasteiger partial charge in [0, 0.05) is 11.8 Å². The van der Waals surface area contributed by atoms with Crippen LogP contribution in [-0.2, 0) is 0 Å². The fourth-order valence-corrected chi connectivity index (χ4v) is 2.53. The first-order valence-electron chi connectivity index (χ1n) is 7.07. The number of nitrogen functional groups attached to an aromatic ring is 1. The highest BCUT2D eigenvalue weighted by Crippen LogP contribution is 2.29. The Balaban J connectivity index is 1.87. The number of nitrogens with one attached hydrogen (secondary N) is 1. The zero-order chi connectivity index (χ0) is 14.9. The third-order valence-electron chi connectivity index (χ3n) is 3.67. The van der Waals surface area contributed by atoms with Crippen molar-refractivity contribution in [3.8, 4) is 22.5 Å². The molecule has 4 heteroatoms. The minimum Gasteiger partial charge on any atom is -0.383 e. The number of rotatable bonds is 2. The van der Waals surface area contributed by atoms with Gasteiger partial charge in [-0.2, -0.15) is 0 Å². The summed E-state index contributed by atoms with van der Waals surface area (Å²) in [5.41, 5.74) is 10.9. The van der Waals surface area contributed by atoms with Crippen molar-refractivity contribution in [2.45, 2.75) is 0 Å². The molecular weight excluding hydrogens is 272 g/mol. The van der Waals surface area contributed by atoms with Crippen molar-refractivity contribution in [2.75, 3.05) is 5.73 Å². The Labute approximate surface area is 127 Å². The van der Waals surface area contributed by atoms with Gasteiger partial charge >= 0.3 is 0 Å². The third kappa shape index (κ3) is 2.11. The van der Waals surface area contributed by atoms with Crippen LogP contribution in [0.2, 0.25) is 0 Å². The second-order valence-corrected chi connectivity index (χ2v) is 5.13. The highest BCUT2D eigenvalue weighted by atomic mass is 14.9. The van der Waals surface area contributed by atoms with Gasteiger partial charge in [-0.3, -0.25) is 0 Å². The molecule has 2 heterocycles. The van der Waals surface area contributed by atoms with Crippen LogP contribution in [0.1, 0.15) is 0 Å². The molecule has 0 radical (unpaired) electrons. The predicted octanol–water partition coefficient (Wildman–Crippen LogP) is 3.87. The van der Waals surface area contributed by atoms with Gasteiger partial charge in [0.15, 0.2) is 0 Å². The largest absolute Gasteiger partial charge is 0.383 e. The number of imidazole rings is 1. The van der Waals surface area contributed by atoms with Crippen LogP contribution in [-0.4, -0.2) is 15.0 Å². The Morgan fingerprint density at radius 1 is 0.864 bits per heavy atom. The maximum absolute atomic E-state index is 6.05. The molecule has 4 rings (SSSR count). The van der Waals surface area contributed by atoms with Crippen LogP contribution in [0.5, 0.6) is 0 Å². The van der Waals surface area contributed by atoms with Crippen molar-refractivity contribution < 1.29 is 0 Å². The number of fused-ring (bicyclic) bond motifs is 1. The fraction of sp³-hybridized carbons (Fsp3) is 0. The Morgan fingerprint density at radius 2 is 1.64 bits per heavy atom. The Hall–Kier alpha value is -3.14. The number of pyridine rings is 1. The second kappa shape index (κ2) is 5.00. The standard InChI is InChI=1S/C18H14N4/c19-17-14(18-21-15-8-4-5-9-16(15)22-18)10-13(11-20-17)12-6-2-1-3-7-12/h1-11H,(H2,19,20)(H,21,22). The SMILES string of the molecule is Nc1ncc(-c2ccccc2)cc1-c1nc2ccccc2[nH]1. The molecule has 2 aromatic carbocycles. The highest BCUT2D eigenvalue weighted by molar-refractivity contribution is 5.83. The molecule has 0 aliphatic heterocycles. The van der Waals surface area contributed by atoms with Crippen LogP contribution < -0.4 is 5.73 Å². The van der Waals surface area contributed by atoms with E-state index in [-0.39, 0.29) is 0 Å². The quantitative estimate of drug-likeness (QED) is 0.587. The monoisotopic (exact) mass is 286 g/mol. The molecule has 4 aromatic rings. The Morgan fingerprint density at radius 3 is 2.45 bits per heavy atom. The van der Waals surface area contributed by atoms with Crippen LogP contribution in [0.15, 0.2) is 66.9 Å². The summed E-state index contributed by atoms with van der Waals surface area (Å²) in [6.07, 6.45) is 1.79. The molecule has 0 aliphatic rings. The molecular formula is C18H14N4. The van der Waals surface area contributed by atoms with E-state index in [9.17, 15) is 0 Å². The van der Waals surface area contributed by atoms with E-state index in [0.717, 1.165) is 33.5 Å². The van der Waals surface area contributed by atoms with Gasteiger partial charge in [-0.15, -0.1) is 0 Å². The van der Waals surface area contributed by atoms with Crippen LogP contribution in [0.25, 0.3) is 33.5 Å². The van der Waals surface area contributed by atoms with E-state index in [1.165, 1.54) is 0 Å². The van der Waals surface area contributed by atoms with Gasteiger partial charge < -0.3 is 10.7 Å². The number of nitrogens with zero attached hydrogens (tertiary/aromatic N) is 2. The number of nitrogens with two attached hydrogens (primary N) is 1. The number of anilines is 1. The predicted molar refractivity (Wildman–Crippen MR) is 89.2 cm³/mol. The van der Waals surface area contributed by atoms with Gasteiger partial charge in [0.05, 0.1) is 16.6 Å². The number of hydrogen-bond acceptors (Lipinski definition) is 3. The number of benzene rings is 2. The molecule has 2 aromatic heterocycles. The molecule has 4 nitrogen and oxygen atoms in total. The van der Waals surface area contributed by atoms with E-state index in [1.54, 1.807) is 6.20 Å². The first-order valence-corrected chi connectivity index (χ1v) is 7.07. The third-order valence-corrected chi connectivity index (χ3v) is 3.67. The molecule has 0 unspecified atom stereocenters. The van der Waals surface area contributed by atoms with E-state index < -0.39 is 0 Å². The summed E-state index contributed by atoms with van der Waals surface area (Å²) in [4.78, 5) is 12.2. The van der Waals surface area contributed by atoms with Gasteiger partial charge in [-0.25, -0.2) is 9.97 Å². The molecule has 3 N–H and O–H groups in total. The summed E-state index contributed by atoms with van der Waals surface area (Å²) in [6, 6.07) is 20.0. The molecule has 106 valence electrons. The van der Waals surface area contributed by atoms with Gasteiger partial charge in [0.25, 0.3) is 0 Å². The molecule has 0 saturated heterocycles. The topological polar surface area (TPSA) is 67.6 Å². The molecule has 0 spiro atoms. The highest BCUT2D eigenvalue weighted by Gasteiger charge is 2.11. The number of hydrogen-bond donors (Lipinski definition) is 2. The first kappa shape index (κ1) is 12.6. The van der Waals surface area contributed by atoms with E-state index >= 15 is 0 Å². The van der Waals surface area contributed by atoms with E-state index in [4.69, 9.17) is 5.73 Å². The van der Waals surface area contributed by atoms with Gasteiger partial charge in [-0.1, -0.05) is 42.5 Å². The number of aromatic amines is 1. The minimum atomic E-state index is 0.471. The molecule has 0 aliphatic carbocycles. The number of H-pyrrole nitrogens is 1. The van der Waals surface area contributed by atoms with Crippen LogP contribution in [0.3, 0.4) is 0 Å². The summed E-state index contributed by atoms with van der Waals surface area (Å²) in [5, 5.41) is 0.